The third-order valence-corrected chi connectivity index (χ3v) is 5.17. The van der Waals surface area contributed by atoms with Crippen LogP contribution in [-0.2, 0) is 0 Å². The van der Waals surface area contributed by atoms with Crippen molar-refractivity contribution in [2.75, 3.05) is 0 Å². The smallest absolute Gasteiger partial charge is 0.212 e. The predicted octanol–water partition coefficient (Wildman–Crippen LogP) is 4.39. The second-order valence-corrected chi connectivity index (χ2v) is 9.62. The van der Waals surface area contributed by atoms with E-state index in [2.05, 4.69) is 0 Å². The minimum atomic E-state index is -2.62. The van der Waals surface area contributed by atoms with Gasteiger partial charge < -0.3 is 0 Å². The van der Waals surface area contributed by atoms with Crippen LogP contribution in [0.2, 0.25) is 0 Å². The molecule has 0 saturated heterocycles. The molecule has 0 fully saturated rings. The third-order valence-electron chi connectivity index (χ3n) is 0.192. The molecule has 0 aliphatic rings. The summed E-state index contributed by atoms with van der Waals surface area (Å²) in [5.74, 6) is 0. The second kappa shape index (κ2) is 3.15. The Morgan fingerprint density at radius 1 is 1.00 bits per heavy atom. The Kier molecular flexibility index (Phi) is 4.00. The zero-order valence-electron chi connectivity index (χ0n) is 2.84. The molecular formula is CCl5P. The van der Waals surface area contributed by atoms with E-state index in [1.165, 1.54) is 0 Å². The molecule has 0 aromatic carbocycles. The van der Waals surface area contributed by atoms with E-state index in [0.717, 1.165) is 0 Å². The van der Waals surface area contributed by atoms with Gasteiger partial charge in [0.2, 0.25) is 5.32 Å². The van der Waals surface area contributed by atoms with Crippen molar-refractivity contribution >= 4 is 62.2 Å². The molecule has 0 radical (unpaired) electrons. The Bertz CT molecular complexity index is 53.6. The van der Waals surface area contributed by atoms with E-state index in [9.17, 15) is 0 Å². The molecule has 0 saturated carbocycles. The highest BCUT2D eigenvalue weighted by molar-refractivity contribution is 8.35. The largest absolute Gasteiger partial charge is 0.278 e. The van der Waals surface area contributed by atoms with Gasteiger partial charge in [-0.3, -0.25) is 23.2 Å². The molecule has 0 spiro atoms. The van der Waals surface area contributed by atoms with Gasteiger partial charge in [-0.15, -0.1) is 0 Å². The topological polar surface area (TPSA) is 0 Å². The number of hydrogen-bond donors (Lipinski definition) is 0. The molecule has 6 heteroatoms. The molecule has 0 heterocycles. The number of halogens is 5. The van der Waals surface area contributed by atoms with E-state index in [4.69, 9.17) is 56.9 Å². The Morgan fingerprint density at radius 2 is 1.14 bits per heavy atom. The summed E-state index contributed by atoms with van der Waals surface area (Å²) in [6.07, 6.45) is 0. The fraction of sp³-hybridized carbons (Fsp3) is 0. The molecule has 0 aliphatic carbocycles. The SMILES string of the molecule is Cl[C-](Cl)[P+](Cl)(Cl)Cl. The van der Waals surface area contributed by atoms with E-state index >= 15 is 0 Å². The highest BCUT2D eigenvalue weighted by Crippen LogP contribution is 2.82. The highest BCUT2D eigenvalue weighted by Gasteiger charge is 2.28. The Morgan fingerprint density at radius 3 is 1.14 bits per heavy atom. The fourth-order valence-electron chi connectivity index (χ4n) is 0. The van der Waals surface area contributed by atoms with Crippen molar-refractivity contribution in [1.29, 1.82) is 0 Å². The van der Waals surface area contributed by atoms with Crippen molar-refractivity contribution in [2.24, 2.45) is 0 Å². The van der Waals surface area contributed by atoms with Crippen molar-refractivity contribution in [2.45, 2.75) is 0 Å². The number of rotatable bonds is 1. The molecule has 0 N–H and O–H groups in total. The van der Waals surface area contributed by atoms with Gasteiger partial charge in [0.05, 0.1) is 38.3 Å². The van der Waals surface area contributed by atoms with Gasteiger partial charge in [0.15, 0.2) is 0 Å². The molecule has 0 aromatic rings. The lowest BCUT2D eigenvalue weighted by atomic mass is 11.9. The summed E-state index contributed by atoms with van der Waals surface area (Å²) < 4.78 is -0.155. The van der Waals surface area contributed by atoms with Crippen molar-refractivity contribution in [3.63, 3.8) is 0 Å². The van der Waals surface area contributed by atoms with Crippen molar-refractivity contribution < 1.29 is 0 Å². The lowest BCUT2D eigenvalue weighted by Gasteiger charge is -2.10. The molecule has 0 rings (SSSR count). The second-order valence-electron chi connectivity index (χ2n) is 0.686. The monoisotopic (exact) mass is 218 g/mol. The van der Waals surface area contributed by atoms with E-state index in [-0.39, 0.29) is 4.58 Å². The van der Waals surface area contributed by atoms with Crippen LogP contribution in [-0.4, -0.2) is 0 Å². The van der Waals surface area contributed by atoms with Crippen LogP contribution in [0.5, 0.6) is 0 Å². The van der Waals surface area contributed by atoms with Gasteiger partial charge in [-0.25, -0.2) is 0 Å². The number of hydrogen-bond acceptors (Lipinski definition) is 0. The van der Waals surface area contributed by atoms with Crippen LogP contribution in [0, 0.1) is 4.58 Å². The summed E-state index contributed by atoms with van der Waals surface area (Å²) in [5, 5.41) is -2.62. The quantitative estimate of drug-likeness (QED) is 0.454. The summed E-state index contributed by atoms with van der Waals surface area (Å²) >= 11 is 25.8. The first-order valence-corrected chi connectivity index (χ1v) is 6.37. The molecule has 44 valence electrons. The van der Waals surface area contributed by atoms with Gasteiger partial charge in [0, 0.05) is 0 Å². The Hall–Kier alpha value is 1.88. The van der Waals surface area contributed by atoms with E-state index in [0.29, 0.717) is 0 Å². The van der Waals surface area contributed by atoms with Crippen molar-refractivity contribution in [1.82, 2.24) is 0 Å². The predicted molar refractivity (Wildman–Crippen MR) is 39.4 cm³/mol. The average molecular weight is 220 g/mol. The summed E-state index contributed by atoms with van der Waals surface area (Å²) in [6, 6.07) is 0. The summed E-state index contributed by atoms with van der Waals surface area (Å²) in [4.78, 5) is 0. The summed E-state index contributed by atoms with van der Waals surface area (Å²) in [6.45, 7) is 0. The third kappa shape index (κ3) is 4.39. The van der Waals surface area contributed by atoms with E-state index in [1.807, 2.05) is 0 Å². The molecule has 0 unspecified atom stereocenters. The first-order chi connectivity index (χ1) is 2.94. The molecule has 0 aromatic heterocycles. The van der Waals surface area contributed by atoms with Crippen molar-refractivity contribution in [3.8, 4) is 0 Å². The van der Waals surface area contributed by atoms with Crippen LogP contribution < -0.4 is 0 Å². The molecule has 0 amide bonds. The summed E-state index contributed by atoms with van der Waals surface area (Å²) in [5.41, 5.74) is 0. The fourth-order valence-corrected chi connectivity index (χ4v) is 0. The average Bonchev–Trinajstić information content (AvgIpc) is 1.31. The van der Waals surface area contributed by atoms with Crippen molar-refractivity contribution in [3.05, 3.63) is 4.58 Å². The normalized spacial score (nSPS) is 12.9. The van der Waals surface area contributed by atoms with Crippen LogP contribution >= 0.6 is 62.2 Å². The molecule has 0 aliphatic heterocycles. The van der Waals surface area contributed by atoms with Crippen LogP contribution in [0.3, 0.4) is 0 Å². The van der Waals surface area contributed by atoms with E-state index < -0.39 is 5.32 Å². The van der Waals surface area contributed by atoms with Crippen LogP contribution in [0.1, 0.15) is 0 Å². The lowest BCUT2D eigenvalue weighted by molar-refractivity contribution is 2.39. The van der Waals surface area contributed by atoms with Gasteiger partial charge in [-0.2, -0.15) is 0 Å². The van der Waals surface area contributed by atoms with Gasteiger partial charge in [-0.05, 0) is 0 Å². The molecule has 0 bridgehead atoms. The minimum Gasteiger partial charge on any atom is -0.278 e. The first kappa shape index (κ1) is 8.88. The van der Waals surface area contributed by atoms with Gasteiger partial charge >= 0.3 is 0 Å². The molecule has 0 nitrogen and oxygen atoms in total. The maximum absolute atomic E-state index is 5.21. The minimum absolute atomic E-state index is 0.155. The maximum Gasteiger partial charge on any atom is 0.212 e. The van der Waals surface area contributed by atoms with Crippen LogP contribution in [0.4, 0.5) is 0 Å². The van der Waals surface area contributed by atoms with Crippen LogP contribution in [0.25, 0.3) is 0 Å². The standard InChI is InChI=1S/CCl5P/c2-1(3)7(4,5)6. The molecular weight excluding hydrogens is 220 g/mol. The lowest BCUT2D eigenvalue weighted by Crippen LogP contribution is -1.62. The molecule has 0 atom stereocenters. The Balaban J connectivity index is 3.54. The molecule has 7 heavy (non-hydrogen) atoms. The zero-order chi connectivity index (χ0) is 6.08. The van der Waals surface area contributed by atoms with Gasteiger partial charge in [0.25, 0.3) is 0 Å². The first-order valence-electron chi connectivity index (χ1n) is 1.11. The van der Waals surface area contributed by atoms with E-state index in [1.54, 1.807) is 0 Å². The highest BCUT2D eigenvalue weighted by atomic mass is 36.1. The van der Waals surface area contributed by atoms with Gasteiger partial charge in [-0.1, -0.05) is 0 Å². The Labute approximate surface area is 66.7 Å². The summed E-state index contributed by atoms with van der Waals surface area (Å²) in [7, 11) is 0. The zero-order valence-corrected chi connectivity index (χ0v) is 7.51. The maximum atomic E-state index is 5.21. The van der Waals surface area contributed by atoms with Crippen LogP contribution in [0.15, 0.2) is 0 Å². The van der Waals surface area contributed by atoms with Gasteiger partial charge in [0.1, 0.15) is 0 Å².